The summed E-state index contributed by atoms with van der Waals surface area (Å²) in [5.41, 5.74) is 0. The van der Waals surface area contributed by atoms with Crippen LogP contribution in [0.25, 0.3) is 0 Å². The molecular formula is C14H28N2O2. The van der Waals surface area contributed by atoms with Crippen LogP contribution in [0.5, 0.6) is 0 Å². The van der Waals surface area contributed by atoms with Crippen LogP contribution in [-0.4, -0.2) is 37.7 Å². The number of hydrogen-bond acceptors (Lipinski definition) is 3. The second-order valence-electron chi connectivity index (χ2n) is 5.42. The fourth-order valence-electron chi connectivity index (χ4n) is 2.28. The van der Waals surface area contributed by atoms with Gasteiger partial charge in [0, 0.05) is 18.6 Å². The lowest BCUT2D eigenvalue weighted by molar-refractivity contribution is -0.126. The smallest absolute Gasteiger partial charge is 0.246 e. The summed E-state index contributed by atoms with van der Waals surface area (Å²) in [4.78, 5) is 11.7. The number of rotatable bonds is 7. The number of amides is 1. The molecule has 0 radical (unpaired) electrons. The molecule has 1 rings (SSSR count). The van der Waals surface area contributed by atoms with Crippen LogP contribution in [0.2, 0.25) is 0 Å². The third-order valence-corrected chi connectivity index (χ3v) is 3.25. The Balaban J connectivity index is 2.02. The van der Waals surface area contributed by atoms with Crippen molar-refractivity contribution in [3.05, 3.63) is 0 Å². The van der Waals surface area contributed by atoms with Gasteiger partial charge in [-0.3, -0.25) is 4.79 Å². The zero-order valence-corrected chi connectivity index (χ0v) is 11.8. The van der Waals surface area contributed by atoms with Crippen molar-refractivity contribution in [3.63, 3.8) is 0 Å². The van der Waals surface area contributed by atoms with Gasteiger partial charge in [-0.25, -0.2) is 0 Å². The lowest BCUT2D eigenvalue weighted by Crippen LogP contribution is -2.37. The van der Waals surface area contributed by atoms with Crippen LogP contribution in [0.4, 0.5) is 0 Å². The molecule has 0 aliphatic heterocycles. The molecule has 0 bridgehead atoms. The Bertz CT molecular complexity index is 224. The van der Waals surface area contributed by atoms with E-state index in [-0.39, 0.29) is 12.5 Å². The van der Waals surface area contributed by atoms with Crippen LogP contribution < -0.4 is 10.6 Å². The second kappa shape index (κ2) is 9.34. The summed E-state index contributed by atoms with van der Waals surface area (Å²) in [7, 11) is 0. The molecule has 1 amide bonds. The second-order valence-corrected chi connectivity index (χ2v) is 5.42. The van der Waals surface area contributed by atoms with Crippen LogP contribution in [0.1, 0.15) is 52.4 Å². The van der Waals surface area contributed by atoms with Crippen molar-refractivity contribution < 1.29 is 9.53 Å². The molecule has 2 N–H and O–H groups in total. The molecule has 0 aromatic rings. The van der Waals surface area contributed by atoms with Gasteiger partial charge in [0.05, 0.1) is 6.61 Å². The lowest BCUT2D eigenvalue weighted by atomic mass is 10.1. The van der Waals surface area contributed by atoms with E-state index in [1.807, 2.05) is 0 Å². The van der Waals surface area contributed by atoms with Gasteiger partial charge in [0.25, 0.3) is 0 Å². The van der Waals surface area contributed by atoms with Gasteiger partial charge >= 0.3 is 0 Å². The van der Waals surface area contributed by atoms with Gasteiger partial charge in [-0.1, -0.05) is 39.5 Å². The van der Waals surface area contributed by atoms with Gasteiger partial charge in [-0.15, -0.1) is 0 Å². The first-order valence-electron chi connectivity index (χ1n) is 7.29. The maximum atomic E-state index is 11.7. The van der Waals surface area contributed by atoms with Crippen molar-refractivity contribution >= 4 is 5.91 Å². The summed E-state index contributed by atoms with van der Waals surface area (Å²) in [5, 5.41) is 6.33. The minimum atomic E-state index is 0.0337. The van der Waals surface area contributed by atoms with E-state index < -0.39 is 0 Å². The topological polar surface area (TPSA) is 50.4 Å². The fourth-order valence-corrected chi connectivity index (χ4v) is 2.28. The van der Waals surface area contributed by atoms with Gasteiger partial charge in [-0.2, -0.15) is 0 Å². The monoisotopic (exact) mass is 256 g/mol. The van der Waals surface area contributed by atoms with E-state index in [2.05, 4.69) is 24.5 Å². The van der Waals surface area contributed by atoms with Gasteiger partial charge in [0.15, 0.2) is 0 Å². The molecule has 0 aromatic heterocycles. The van der Waals surface area contributed by atoms with Crippen molar-refractivity contribution in [2.75, 3.05) is 19.8 Å². The third kappa shape index (κ3) is 7.67. The van der Waals surface area contributed by atoms with Gasteiger partial charge in [0.1, 0.15) is 6.61 Å². The molecule has 0 saturated heterocycles. The van der Waals surface area contributed by atoms with E-state index in [4.69, 9.17) is 4.74 Å². The first kappa shape index (κ1) is 15.4. The van der Waals surface area contributed by atoms with E-state index >= 15 is 0 Å². The Kier molecular flexibility index (Phi) is 8.01. The largest absolute Gasteiger partial charge is 0.370 e. The highest BCUT2D eigenvalue weighted by Crippen LogP contribution is 2.16. The molecule has 0 atom stereocenters. The first-order chi connectivity index (χ1) is 8.68. The van der Waals surface area contributed by atoms with Crippen LogP contribution in [0.15, 0.2) is 0 Å². The van der Waals surface area contributed by atoms with Gasteiger partial charge < -0.3 is 15.4 Å². The molecule has 106 valence electrons. The van der Waals surface area contributed by atoms with E-state index in [1.165, 1.54) is 25.7 Å². The van der Waals surface area contributed by atoms with Crippen LogP contribution in [-0.2, 0) is 9.53 Å². The third-order valence-electron chi connectivity index (χ3n) is 3.25. The Morgan fingerprint density at radius 3 is 2.50 bits per heavy atom. The Morgan fingerprint density at radius 1 is 1.22 bits per heavy atom. The molecule has 0 aromatic carbocycles. The molecule has 0 unspecified atom stereocenters. The zero-order valence-electron chi connectivity index (χ0n) is 11.8. The zero-order chi connectivity index (χ0) is 13.2. The Labute approximate surface area is 111 Å². The van der Waals surface area contributed by atoms with Crippen molar-refractivity contribution in [1.82, 2.24) is 10.6 Å². The number of nitrogens with one attached hydrogen (secondary N) is 2. The molecule has 1 saturated carbocycles. The van der Waals surface area contributed by atoms with Crippen LogP contribution >= 0.6 is 0 Å². The average molecular weight is 256 g/mol. The van der Waals surface area contributed by atoms with E-state index in [0.29, 0.717) is 18.7 Å². The summed E-state index contributed by atoms with van der Waals surface area (Å²) in [6, 6.07) is 0.839. The van der Waals surface area contributed by atoms with Crippen LogP contribution in [0, 0.1) is 0 Å². The summed E-state index contributed by atoms with van der Waals surface area (Å²) in [6.07, 6.45) is 7.35. The molecule has 1 aliphatic carbocycles. The number of carbonyl (C=O) groups excluding carboxylic acids is 1. The SMILES string of the molecule is CC(C)NCCOCC(=O)NC1CCCCCC1. The van der Waals surface area contributed by atoms with Crippen molar-refractivity contribution in [2.45, 2.75) is 64.5 Å². The molecule has 1 fully saturated rings. The predicted octanol–water partition coefficient (Wildman–Crippen LogP) is 1.84. The Hall–Kier alpha value is -0.610. The molecule has 4 nitrogen and oxygen atoms in total. The van der Waals surface area contributed by atoms with Crippen molar-refractivity contribution in [2.24, 2.45) is 0 Å². The first-order valence-corrected chi connectivity index (χ1v) is 7.29. The lowest BCUT2D eigenvalue weighted by Gasteiger charge is -2.16. The minimum Gasteiger partial charge on any atom is -0.370 e. The van der Waals surface area contributed by atoms with E-state index in [0.717, 1.165) is 19.4 Å². The molecule has 0 heterocycles. The Morgan fingerprint density at radius 2 is 1.89 bits per heavy atom. The summed E-state index contributed by atoms with van der Waals surface area (Å²) >= 11 is 0. The fraction of sp³-hybridized carbons (Fsp3) is 0.929. The molecule has 4 heteroatoms. The van der Waals surface area contributed by atoms with Crippen LogP contribution in [0.3, 0.4) is 0 Å². The van der Waals surface area contributed by atoms with E-state index in [1.54, 1.807) is 0 Å². The summed E-state index contributed by atoms with van der Waals surface area (Å²) in [6.45, 7) is 5.78. The summed E-state index contributed by atoms with van der Waals surface area (Å²) < 4.78 is 5.34. The quantitative estimate of drug-likeness (QED) is 0.540. The maximum Gasteiger partial charge on any atom is 0.246 e. The summed E-state index contributed by atoms with van der Waals surface area (Å²) in [5.74, 6) is 0.0337. The molecule has 1 aliphatic rings. The molecular weight excluding hydrogens is 228 g/mol. The predicted molar refractivity (Wildman–Crippen MR) is 73.6 cm³/mol. The van der Waals surface area contributed by atoms with Gasteiger partial charge in [-0.05, 0) is 12.8 Å². The minimum absolute atomic E-state index is 0.0337. The molecule has 18 heavy (non-hydrogen) atoms. The highest BCUT2D eigenvalue weighted by atomic mass is 16.5. The number of ether oxygens (including phenoxy) is 1. The highest BCUT2D eigenvalue weighted by molar-refractivity contribution is 5.77. The molecule has 0 spiro atoms. The standard InChI is InChI=1S/C14H28N2O2/c1-12(2)15-9-10-18-11-14(17)16-13-7-5-3-4-6-8-13/h12-13,15H,3-11H2,1-2H3,(H,16,17). The van der Waals surface area contributed by atoms with Crippen molar-refractivity contribution in [1.29, 1.82) is 0 Å². The number of carbonyl (C=O) groups is 1. The highest BCUT2D eigenvalue weighted by Gasteiger charge is 2.14. The average Bonchev–Trinajstić information content (AvgIpc) is 2.56. The normalized spacial score (nSPS) is 17.7. The van der Waals surface area contributed by atoms with E-state index in [9.17, 15) is 4.79 Å². The number of hydrogen-bond donors (Lipinski definition) is 2. The maximum absolute atomic E-state index is 11.7. The van der Waals surface area contributed by atoms with Gasteiger partial charge in [0.2, 0.25) is 5.91 Å². The van der Waals surface area contributed by atoms with Crippen molar-refractivity contribution in [3.8, 4) is 0 Å².